The van der Waals surface area contributed by atoms with Crippen molar-refractivity contribution in [2.24, 2.45) is 4.99 Å². The van der Waals surface area contributed by atoms with Gasteiger partial charge in [0.2, 0.25) is 0 Å². The summed E-state index contributed by atoms with van der Waals surface area (Å²) >= 11 is 6.18. The van der Waals surface area contributed by atoms with Crippen LogP contribution in [0.3, 0.4) is 0 Å². The van der Waals surface area contributed by atoms with E-state index >= 15 is 0 Å². The van der Waals surface area contributed by atoms with Gasteiger partial charge < -0.3 is 10.6 Å². The zero-order valence-electron chi connectivity index (χ0n) is 15.1. The molecule has 138 valence electrons. The number of rotatable bonds is 5. The monoisotopic (exact) mass is 372 g/mol. The van der Waals surface area contributed by atoms with Gasteiger partial charge >= 0.3 is 0 Å². The first-order valence-electron chi connectivity index (χ1n) is 9.36. The molecule has 0 spiro atoms. The third-order valence-electron chi connectivity index (χ3n) is 5.32. The highest BCUT2D eigenvalue weighted by Gasteiger charge is 2.44. The summed E-state index contributed by atoms with van der Waals surface area (Å²) in [5, 5.41) is 12.0. The standard InChI is InChI=1S/C19H25ClN6/c1-2-21-18(25-16-6-7-17-23-13-24-26(17)11-16)22-12-19(8-9-19)14-4-3-5-15(20)10-14/h3-5,10,13,16H,2,6-9,11-12H2,1H3,(H2,21,22,25). The average molecular weight is 373 g/mol. The van der Waals surface area contributed by atoms with Crippen LogP contribution in [0.2, 0.25) is 5.02 Å². The number of aromatic nitrogens is 3. The molecule has 4 rings (SSSR count). The van der Waals surface area contributed by atoms with Gasteiger partial charge in [-0.3, -0.25) is 4.99 Å². The maximum Gasteiger partial charge on any atom is 0.191 e. The number of hydrogen-bond donors (Lipinski definition) is 2. The van der Waals surface area contributed by atoms with Crippen molar-refractivity contribution in [2.75, 3.05) is 13.1 Å². The van der Waals surface area contributed by atoms with Crippen LogP contribution in [0.25, 0.3) is 0 Å². The number of nitrogens with one attached hydrogen (secondary N) is 2. The van der Waals surface area contributed by atoms with Gasteiger partial charge in [0.15, 0.2) is 5.96 Å². The molecule has 26 heavy (non-hydrogen) atoms. The predicted octanol–water partition coefficient (Wildman–Crippen LogP) is 2.53. The topological polar surface area (TPSA) is 67.1 Å². The Morgan fingerprint density at radius 1 is 1.42 bits per heavy atom. The maximum absolute atomic E-state index is 6.18. The molecular weight excluding hydrogens is 348 g/mol. The predicted molar refractivity (Wildman–Crippen MR) is 104 cm³/mol. The van der Waals surface area contributed by atoms with Crippen molar-refractivity contribution < 1.29 is 0 Å². The lowest BCUT2D eigenvalue weighted by Gasteiger charge is -2.25. The van der Waals surface area contributed by atoms with E-state index in [0.29, 0.717) is 6.04 Å². The molecule has 1 fully saturated rings. The largest absolute Gasteiger partial charge is 0.357 e. The maximum atomic E-state index is 6.18. The van der Waals surface area contributed by atoms with E-state index in [4.69, 9.17) is 16.6 Å². The molecule has 1 unspecified atom stereocenters. The minimum Gasteiger partial charge on any atom is -0.357 e. The molecule has 6 nitrogen and oxygen atoms in total. The van der Waals surface area contributed by atoms with Crippen LogP contribution in [0.1, 0.15) is 37.6 Å². The summed E-state index contributed by atoms with van der Waals surface area (Å²) in [5.74, 6) is 1.96. The van der Waals surface area contributed by atoms with Crippen molar-refractivity contribution >= 4 is 17.6 Å². The van der Waals surface area contributed by atoms with Crippen LogP contribution >= 0.6 is 11.6 Å². The Labute approximate surface area is 159 Å². The van der Waals surface area contributed by atoms with E-state index in [1.165, 1.54) is 18.4 Å². The summed E-state index contributed by atoms with van der Waals surface area (Å²) < 4.78 is 1.99. The van der Waals surface area contributed by atoms with Crippen LogP contribution in [0.5, 0.6) is 0 Å². The molecule has 2 aromatic rings. The van der Waals surface area contributed by atoms with Crippen LogP contribution in [0, 0.1) is 0 Å². The molecule has 2 N–H and O–H groups in total. The van der Waals surface area contributed by atoms with Crippen molar-refractivity contribution in [3.63, 3.8) is 0 Å². The van der Waals surface area contributed by atoms with Gasteiger partial charge in [0.25, 0.3) is 0 Å². The van der Waals surface area contributed by atoms with E-state index in [0.717, 1.165) is 49.3 Å². The number of hydrogen-bond acceptors (Lipinski definition) is 3. The minimum atomic E-state index is 0.152. The third-order valence-corrected chi connectivity index (χ3v) is 5.56. The molecule has 0 radical (unpaired) electrons. The molecular formula is C19H25ClN6. The van der Waals surface area contributed by atoms with Gasteiger partial charge in [-0.2, -0.15) is 5.10 Å². The Bertz CT molecular complexity index is 795. The van der Waals surface area contributed by atoms with Crippen molar-refractivity contribution in [2.45, 2.75) is 50.6 Å². The Kier molecular flexibility index (Phi) is 4.85. The highest BCUT2D eigenvalue weighted by molar-refractivity contribution is 6.30. The lowest BCUT2D eigenvalue weighted by atomic mass is 9.96. The smallest absolute Gasteiger partial charge is 0.191 e. The number of aryl methyl sites for hydroxylation is 1. The van der Waals surface area contributed by atoms with Crippen LogP contribution in [0.4, 0.5) is 0 Å². The van der Waals surface area contributed by atoms with Gasteiger partial charge in [0, 0.05) is 29.4 Å². The molecule has 2 aliphatic rings. The Hall–Kier alpha value is -2.08. The van der Waals surface area contributed by atoms with Crippen molar-refractivity contribution in [1.29, 1.82) is 0 Å². The van der Waals surface area contributed by atoms with Crippen LogP contribution < -0.4 is 10.6 Å². The third kappa shape index (κ3) is 3.70. The molecule has 1 aromatic heterocycles. The van der Waals surface area contributed by atoms with Gasteiger partial charge in [0.1, 0.15) is 12.2 Å². The Balaban J connectivity index is 1.43. The van der Waals surface area contributed by atoms with Gasteiger partial charge in [-0.25, -0.2) is 9.67 Å². The van der Waals surface area contributed by atoms with E-state index in [9.17, 15) is 0 Å². The first-order valence-corrected chi connectivity index (χ1v) is 9.74. The second-order valence-electron chi connectivity index (χ2n) is 7.22. The zero-order chi connectivity index (χ0) is 18.0. The van der Waals surface area contributed by atoms with E-state index in [2.05, 4.69) is 39.8 Å². The SMILES string of the molecule is CCNC(=NCC1(c2cccc(Cl)c2)CC1)NC1CCc2ncnn2C1. The molecule has 2 heterocycles. The summed E-state index contributed by atoms with van der Waals surface area (Å²) in [6, 6.07) is 8.53. The minimum absolute atomic E-state index is 0.152. The number of guanidine groups is 1. The van der Waals surface area contributed by atoms with Crippen molar-refractivity contribution in [3.05, 3.63) is 47.0 Å². The molecule has 7 heteroatoms. The summed E-state index contributed by atoms with van der Waals surface area (Å²) in [6.45, 7) is 4.55. The number of aliphatic imine (C=N–C) groups is 1. The van der Waals surface area contributed by atoms with Crippen LogP contribution in [0.15, 0.2) is 35.6 Å². The van der Waals surface area contributed by atoms with E-state index in [1.54, 1.807) is 6.33 Å². The second kappa shape index (κ2) is 7.27. The molecule has 1 aromatic carbocycles. The molecule has 0 amide bonds. The van der Waals surface area contributed by atoms with Gasteiger partial charge in [-0.1, -0.05) is 23.7 Å². The van der Waals surface area contributed by atoms with E-state index < -0.39 is 0 Å². The lowest BCUT2D eigenvalue weighted by Crippen LogP contribution is -2.47. The Morgan fingerprint density at radius 3 is 3.08 bits per heavy atom. The first-order chi connectivity index (χ1) is 12.7. The molecule has 0 saturated heterocycles. The number of nitrogens with zero attached hydrogens (tertiary/aromatic N) is 4. The van der Waals surface area contributed by atoms with Gasteiger partial charge in [-0.05, 0) is 43.9 Å². The molecule has 1 aliphatic heterocycles. The number of halogens is 1. The van der Waals surface area contributed by atoms with Gasteiger partial charge in [-0.15, -0.1) is 0 Å². The van der Waals surface area contributed by atoms with E-state index in [-0.39, 0.29) is 5.41 Å². The van der Waals surface area contributed by atoms with Crippen molar-refractivity contribution in [1.82, 2.24) is 25.4 Å². The quantitative estimate of drug-likeness (QED) is 0.625. The number of fused-ring (bicyclic) bond motifs is 1. The second-order valence-corrected chi connectivity index (χ2v) is 7.66. The Morgan fingerprint density at radius 2 is 2.31 bits per heavy atom. The normalized spacial score (nSPS) is 21.2. The summed E-state index contributed by atoms with van der Waals surface area (Å²) in [5.41, 5.74) is 1.45. The lowest BCUT2D eigenvalue weighted by molar-refractivity contribution is 0.392. The fraction of sp³-hybridized carbons (Fsp3) is 0.526. The summed E-state index contributed by atoms with van der Waals surface area (Å²) in [7, 11) is 0. The highest BCUT2D eigenvalue weighted by Crippen LogP contribution is 2.48. The molecule has 1 atom stereocenters. The fourth-order valence-corrected chi connectivity index (χ4v) is 3.80. The van der Waals surface area contributed by atoms with Gasteiger partial charge in [0.05, 0.1) is 13.1 Å². The molecule has 0 bridgehead atoms. The fourth-order valence-electron chi connectivity index (χ4n) is 3.61. The van der Waals surface area contributed by atoms with E-state index in [1.807, 2.05) is 16.8 Å². The number of benzene rings is 1. The summed E-state index contributed by atoms with van der Waals surface area (Å²) in [4.78, 5) is 9.19. The van der Waals surface area contributed by atoms with Crippen molar-refractivity contribution in [3.8, 4) is 0 Å². The molecule has 1 aliphatic carbocycles. The van der Waals surface area contributed by atoms with Crippen LogP contribution in [-0.2, 0) is 18.4 Å². The molecule has 1 saturated carbocycles. The van der Waals surface area contributed by atoms with Crippen LogP contribution in [-0.4, -0.2) is 39.9 Å². The summed E-state index contributed by atoms with van der Waals surface area (Å²) in [6.07, 6.45) is 5.97. The zero-order valence-corrected chi connectivity index (χ0v) is 15.8. The first kappa shape index (κ1) is 17.3. The average Bonchev–Trinajstić information content (AvgIpc) is 3.29. The highest BCUT2D eigenvalue weighted by atomic mass is 35.5.